The number of amides is 1. The second-order valence-electron chi connectivity index (χ2n) is 6.04. The van der Waals surface area contributed by atoms with Crippen LogP contribution in [0.1, 0.15) is 30.4 Å². The number of benzene rings is 1. The molecule has 1 aliphatic rings. The van der Waals surface area contributed by atoms with Crippen LogP contribution in [0.4, 0.5) is 5.69 Å². The number of rotatable bonds is 6. The van der Waals surface area contributed by atoms with Gasteiger partial charge in [0.2, 0.25) is 15.9 Å². The highest BCUT2D eigenvalue weighted by molar-refractivity contribution is 7.92. The normalized spacial score (nSPS) is 15.2. The monoisotopic (exact) mass is 324 g/mol. The molecule has 2 rings (SSSR count). The highest BCUT2D eigenvalue weighted by Crippen LogP contribution is 2.26. The van der Waals surface area contributed by atoms with E-state index in [-0.39, 0.29) is 18.4 Å². The van der Waals surface area contributed by atoms with Gasteiger partial charge in [-0.3, -0.25) is 9.10 Å². The van der Waals surface area contributed by atoms with Crippen molar-refractivity contribution >= 4 is 21.6 Å². The molecule has 0 spiro atoms. The maximum Gasteiger partial charge on any atom is 0.232 e. The Morgan fingerprint density at radius 1 is 1.32 bits per heavy atom. The van der Waals surface area contributed by atoms with E-state index >= 15 is 0 Å². The quantitative estimate of drug-likeness (QED) is 0.870. The summed E-state index contributed by atoms with van der Waals surface area (Å²) in [6, 6.07) is 5.73. The van der Waals surface area contributed by atoms with Crippen LogP contribution in [-0.2, 0) is 14.8 Å². The number of sulfonamides is 1. The van der Waals surface area contributed by atoms with Gasteiger partial charge in [-0.05, 0) is 43.9 Å². The largest absolute Gasteiger partial charge is 0.354 e. The first kappa shape index (κ1) is 16.8. The van der Waals surface area contributed by atoms with Gasteiger partial charge in [0, 0.05) is 12.5 Å². The van der Waals surface area contributed by atoms with Crippen LogP contribution in [0.3, 0.4) is 0 Å². The van der Waals surface area contributed by atoms with E-state index in [0.717, 1.165) is 30.4 Å². The highest BCUT2D eigenvalue weighted by atomic mass is 32.2. The fraction of sp³-hybridized carbons (Fsp3) is 0.562. The van der Waals surface area contributed by atoms with E-state index in [9.17, 15) is 13.2 Å². The molecule has 1 aromatic rings. The molecule has 122 valence electrons. The molecule has 0 radical (unpaired) electrons. The SMILES string of the molecule is Cc1ccc(C)c(N(CCNC(=O)C2CCC2)S(C)(=O)=O)c1. The number of nitrogens with zero attached hydrogens (tertiary/aromatic N) is 1. The number of hydrogen-bond donors (Lipinski definition) is 1. The Bertz CT molecular complexity index is 651. The Hall–Kier alpha value is -1.56. The van der Waals surface area contributed by atoms with E-state index in [0.29, 0.717) is 12.2 Å². The molecule has 0 heterocycles. The van der Waals surface area contributed by atoms with Crippen molar-refractivity contribution in [1.29, 1.82) is 0 Å². The van der Waals surface area contributed by atoms with Gasteiger partial charge in [-0.25, -0.2) is 8.42 Å². The summed E-state index contributed by atoms with van der Waals surface area (Å²) in [6.07, 6.45) is 4.19. The molecule has 1 aromatic carbocycles. The predicted octanol–water partition coefficient (Wildman–Crippen LogP) is 1.99. The van der Waals surface area contributed by atoms with E-state index in [4.69, 9.17) is 0 Å². The topological polar surface area (TPSA) is 66.5 Å². The van der Waals surface area contributed by atoms with Crippen LogP contribution in [0, 0.1) is 19.8 Å². The van der Waals surface area contributed by atoms with Crippen LogP contribution in [0.2, 0.25) is 0 Å². The van der Waals surface area contributed by atoms with Gasteiger partial charge < -0.3 is 5.32 Å². The first-order valence-corrected chi connectivity index (χ1v) is 9.46. The van der Waals surface area contributed by atoms with Gasteiger partial charge in [-0.1, -0.05) is 18.6 Å². The van der Waals surface area contributed by atoms with Gasteiger partial charge in [0.15, 0.2) is 0 Å². The molecule has 1 aliphatic carbocycles. The van der Waals surface area contributed by atoms with Crippen molar-refractivity contribution in [3.63, 3.8) is 0 Å². The van der Waals surface area contributed by atoms with E-state index in [2.05, 4.69) is 5.32 Å². The Labute approximate surface area is 132 Å². The molecule has 22 heavy (non-hydrogen) atoms. The molecule has 0 aliphatic heterocycles. The summed E-state index contributed by atoms with van der Waals surface area (Å²) in [5.41, 5.74) is 2.59. The molecule has 1 amide bonds. The Morgan fingerprint density at radius 3 is 2.55 bits per heavy atom. The molecule has 0 aromatic heterocycles. The van der Waals surface area contributed by atoms with Gasteiger partial charge in [0.25, 0.3) is 0 Å². The fourth-order valence-electron chi connectivity index (χ4n) is 2.55. The summed E-state index contributed by atoms with van der Waals surface area (Å²) in [4.78, 5) is 11.8. The molecule has 5 nitrogen and oxygen atoms in total. The fourth-order valence-corrected chi connectivity index (χ4v) is 3.53. The maximum absolute atomic E-state index is 12.1. The highest BCUT2D eigenvalue weighted by Gasteiger charge is 2.25. The molecular formula is C16H24N2O3S. The van der Waals surface area contributed by atoms with Crippen LogP contribution in [-0.4, -0.2) is 33.7 Å². The van der Waals surface area contributed by atoms with Gasteiger partial charge in [-0.2, -0.15) is 0 Å². The third-order valence-electron chi connectivity index (χ3n) is 4.12. The van der Waals surface area contributed by atoms with Crippen LogP contribution >= 0.6 is 0 Å². The minimum atomic E-state index is -3.38. The Balaban J connectivity index is 2.07. The molecule has 1 saturated carbocycles. The summed E-state index contributed by atoms with van der Waals surface area (Å²) in [7, 11) is -3.38. The minimum absolute atomic E-state index is 0.0423. The van der Waals surface area contributed by atoms with E-state index in [1.54, 1.807) is 0 Å². The van der Waals surface area contributed by atoms with Crippen molar-refractivity contribution in [2.75, 3.05) is 23.7 Å². The van der Waals surface area contributed by atoms with Crippen molar-refractivity contribution < 1.29 is 13.2 Å². The summed E-state index contributed by atoms with van der Waals surface area (Å²) in [5, 5.41) is 2.85. The Morgan fingerprint density at radius 2 is 2.00 bits per heavy atom. The molecule has 0 atom stereocenters. The zero-order valence-corrected chi connectivity index (χ0v) is 14.2. The third kappa shape index (κ3) is 4.00. The lowest BCUT2D eigenvalue weighted by Crippen LogP contribution is -2.41. The minimum Gasteiger partial charge on any atom is -0.354 e. The van der Waals surface area contributed by atoms with E-state index in [1.807, 2.05) is 32.0 Å². The van der Waals surface area contributed by atoms with Crippen molar-refractivity contribution in [2.45, 2.75) is 33.1 Å². The maximum atomic E-state index is 12.1. The molecule has 0 bridgehead atoms. The molecule has 1 N–H and O–H groups in total. The van der Waals surface area contributed by atoms with E-state index < -0.39 is 10.0 Å². The van der Waals surface area contributed by atoms with Crippen LogP contribution in [0.25, 0.3) is 0 Å². The van der Waals surface area contributed by atoms with Gasteiger partial charge in [-0.15, -0.1) is 0 Å². The smallest absolute Gasteiger partial charge is 0.232 e. The third-order valence-corrected chi connectivity index (χ3v) is 5.30. The van der Waals surface area contributed by atoms with E-state index in [1.165, 1.54) is 10.6 Å². The first-order chi connectivity index (χ1) is 10.3. The molecule has 6 heteroatoms. The number of anilines is 1. The second-order valence-corrected chi connectivity index (χ2v) is 7.95. The van der Waals surface area contributed by atoms with Crippen LogP contribution in [0.15, 0.2) is 18.2 Å². The predicted molar refractivity (Wildman–Crippen MR) is 88.5 cm³/mol. The zero-order chi connectivity index (χ0) is 16.3. The molecule has 0 saturated heterocycles. The lowest BCUT2D eigenvalue weighted by atomic mass is 9.85. The number of hydrogen-bond acceptors (Lipinski definition) is 3. The van der Waals surface area contributed by atoms with Crippen LogP contribution in [0.5, 0.6) is 0 Å². The molecule has 1 fully saturated rings. The number of carbonyl (C=O) groups excluding carboxylic acids is 1. The summed E-state index contributed by atoms with van der Waals surface area (Å²) in [5.74, 6) is 0.160. The number of carbonyl (C=O) groups is 1. The van der Waals surface area contributed by atoms with Crippen molar-refractivity contribution in [1.82, 2.24) is 5.32 Å². The standard InChI is InChI=1S/C16H24N2O3S/c1-12-7-8-13(2)15(11-12)18(22(3,20)21)10-9-17-16(19)14-5-4-6-14/h7-8,11,14H,4-6,9-10H2,1-3H3,(H,17,19). The first-order valence-electron chi connectivity index (χ1n) is 7.61. The zero-order valence-electron chi connectivity index (χ0n) is 13.4. The molecular weight excluding hydrogens is 300 g/mol. The second kappa shape index (κ2) is 6.69. The number of aryl methyl sites for hydroxylation is 2. The lowest BCUT2D eigenvalue weighted by Gasteiger charge is -2.27. The molecule has 0 unspecified atom stereocenters. The number of nitrogens with one attached hydrogen (secondary N) is 1. The van der Waals surface area contributed by atoms with Crippen molar-refractivity contribution in [3.8, 4) is 0 Å². The summed E-state index contributed by atoms with van der Waals surface area (Å²) >= 11 is 0. The van der Waals surface area contributed by atoms with Crippen LogP contribution < -0.4 is 9.62 Å². The van der Waals surface area contributed by atoms with Gasteiger partial charge in [0.05, 0.1) is 18.5 Å². The summed E-state index contributed by atoms with van der Waals surface area (Å²) < 4.78 is 25.5. The Kier molecular flexibility index (Phi) is 5.11. The lowest BCUT2D eigenvalue weighted by molar-refractivity contribution is -0.127. The van der Waals surface area contributed by atoms with Gasteiger partial charge in [0.1, 0.15) is 0 Å². The van der Waals surface area contributed by atoms with Gasteiger partial charge >= 0.3 is 0 Å². The average molecular weight is 324 g/mol. The van der Waals surface area contributed by atoms with Crippen molar-refractivity contribution in [3.05, 3.63) is 29.3 Å². The van der Waals surface area contributed by atoms with Crippen molar-refractivity contribution in [2.24, 2.45) is 5.92 Å². The average Bonchev–Trinajstić information content (AvgIpc) is 2.34. The summed E-state index contributed by atoms with van der Waals surface area (Å²) in [6.45, 7) is 4.40.